The third-order valence-electron chi connectivity index (χ3n) is 3.96. The molecule has 3 rings (SSSR count). The van der Waals surface area contributed by atoms with E-state index in [4.69, 9.17) is 10.5 Å². The Bertz CT molecular complexity index is 397. The smallest absolute Gasteiger partial charge is 0.180 e. The molecule has 6 heteroatoms. The lowest BCUT2D eigenvalue weighted by molar-refractivity contribution is 0.107. The largest absolute Gasteiger partial charge is 0.381 e. The zero-order valence-corrected chi connectivity index (χ0v) is 12.1. The second-order valence-corrected chi connectivity index (χ2v) is 6.62. The van der Waals surface area contributed by atoms with Gasteiger partial charge in [-0.15, -0.1) is 11.3 Å². The fourth-order valence-corrected chi connectivity index (χ4v) is 3.57. The van der Waals surface area contributed by atoms with Crippen LogP contribution in [0.3, 0.4) is 0 Å². The number of rotatable bonds is 4. The van der Waals surface area contributed by atoms with E-state index in [1.807, 2.05) is 6.20 Å². The number of thiazole rings is 1. The van der Waals surface area contributed by atoms with Crippen molar-refractivity contribution in [3.8, 4) is 0 Å². The van der Waals surface area contributed by atoms with Crippen LogP contribution in [-0.4, -0.2) is 60.7 Å². The molecule has 2 fully saturated rings. The third kappa shape index (κ3) is 3.66. The molecule has 5 nitrogen and oxygen atoms in total. The molecule has 2 aliphatic rings. The van der Waals surface area contributed by atoms with Gasteiger partial charge in [-0.3, -0.25) is 4.90 Å². The summed E-state index contributed by atoms with van der Waals surface area (Å²) in [7, 11) is 0. The maximum atomic E-state index is 5.67. The van der Waals surface area contributed by atoms with E-state index in [0.29, 0.717) is 5.13 Å². The molecular formula is C13H22N4OS. The molecule has 2 N–H and O–H groups in total. The van der Waals surface area contributed by atoms with Gasteiger partial charge in [-0.1, -0.05) is 0 Å². The highest BCUT2D eigenvalue weighted by molar-refractivity contribution is 7.15. The van der Waals surface area contributed by atoms with E-state index in [1.54, 1.807) is 11.3 Å². The van der Waals surface area contributed by atoms with E-state index in [0.717, 1.165) is 38.8 Å². The second-order valence-electron chi connectivity index (χ2n) is 5.47. The molecular weight excluding hydrogens is 260 g/mol. The predicted octanol–water partition coefficient (Wildman–Crippen LogP) is 0.879. The average Bonchev–Trinajstić information content (AvgIpc) is 3.04. The van der Waals surface area contributed by atoms with Crippen molar-refractivity contribution >= 4 is 16.5 Å². The Kier molecular flexibility index (Phi) is 4.32. The quantitative estimate of drug-likeness (QED) is 0.888. The maximum absolute atomic E-state index is 5.67. The second kappa shape index (κ2) is 6.17. The molecule has 0 spiro atoms. The van der Waals surface area contributed by atoms with E-state index >= 15 is 0 Å². The van der Waals surface area contributed by atoms with Crippen LogP contribution in [0.25, 0.3) is 0 Å². The minimum atomic E-state index is 0.676. The number of ether oxygens (including phenoxy) is 1. The van der Waals surface area contributed by atoms with Gasteiger partial charge in [0.15, 0.2) is 5.13 Å². The van der Waals surface area contributed by atoms with Crippen LogP contribution < -0.4 is 5.73 Å². The highest BCUT2D eigenvalue weighted by atomic mass is 32.1. The summed E-state index contributed by atoms with van der Waals surface area (Å²) in [4.78, 5) is 10.5. The number of aromatic nitrogens is 1. The van der Waals surface area contributed by atoms with Crippen LogP contribution in [0, 0.1) is 5.92 Å². The Hall–Kier alpha value is -0.690. The van der Waals surface area contributed by atoms with Crippen LogP contribution in [0.4, 0.5) is 5.13 Å². The summed E-state index contributed by atoms with van der Waals surface area (Å²) in [5.41, 5.74) is 5.67. The first-order chi connectivity index (χ1) is 9.29. The van der Waals surface area contributed by atoms with Gasteiger partial charge in [0.2, 0.25) is 0 Å². The van der Waals surface area contributed by atoms with Gasteiger partial charge in [-0.05, 0) is 12.3 Å². The van der Waals surface area contributed by atoms with Crippen molar-refractivity contribution in [1.82, 2.24) is 14.8 Å². The van der Waals surface area contributed by atoms with E-state index in [2.05, 4.69) is 14.8 Å². The van der Waals surface area contributed by atoms with E-state index in [9.17, 15) is 0 Å². The summed E-state index contributed by atoms with van der Waals surface area (Å²) in [6, 6.07) is 0. The van der Waals surface area contributed by atoms with Gasteiger partial charge in [0.05, 0.1) is 6.61 Å². The zero-order valence-electron chi connectivity index (χ0n) is 11.3. The molecule has 0 aromatic carbocycles. The first kappa shape index (κ1) is 13.3. The summed E-state index contributed by atoms with van der Waals surface area (Å²) in [5, 5.41) is 0.676. The van der Waals surface area contributed by atoms with E-state index in [-0.39, 0.29) is 0 Å². The van der Waals surface area contributed by atoms with Crippen molar-refractivity contribution in [3.63, 3.8) is 0 Å². The summed E-state index contributed by atoms with van der Waals surface area (Å²) < 4.78 is 5.45. The number of piperazine rings is 1. The lowest BCUT2D eigenvalue weighted by Gasteiger charge is -2.35. The average molecular weight is 282 g/mol. The molecule has 2 aliphatic heterocycles. The van der Waals surface area contributed by atoms with Gasteiger partial charge in [-0.2, -0.15) is 0 Å². The molecule has 106 valence electrons. The Balaban J connectivity index is 1.41. The summed E-state index contributed by atoms with van der Waals surface area (Å²) in [5.74, 6) is 0.757. The standard InChI is InChI=1S/C13H22N4OS/c14-13-15-7-12(19-13)9-17-4-2-16(3-5-17)8-11-1-6-18-10-11/h7,11H,1-6,8-10H2,(H2,14,15). The number of anilines is 1. The predicted molar refractivity (Wildman–Crippen MR) is 77.2 cm³/mol. The van der Waals surface area contributed by atoms with Crippen molar-refractivity contribution in [2.24, 2.45) is 5.92 Å². The summed E-state index contributed by atoms with van der Waals surface area (Å²) >= 11 is 1.60. The molecule has 1 atom stereocenters. The van der Waals surface area contributed by atoms with Crippen LogP contribution in [-0.2, 0) is 11.3 Å². The van der Waals surface area contributed by atoms with Crippen molar-refractivity contribution in [1.29, 1.82) is 0 Å². The molecule has 1 aromatic rings. The fraction of sp³-hybridized carbons (Fsp3) is 0.769. The lowest BCUT2D eigenvalue weighted by atomic mass is 10.1. The Morgan fingerprint density at radius 1 is 1.32 bits per heavy atom. The van der Waals surface area contributed by atoms with Crippen molar-refractivity contribution in [3.05, 3.63) is 11.1 Å². The minimum Gasteiger partial charge on any atom is -0.381 e. The van der Waals surface area contributed by atoms with Crippen LogP contribution in [0.15, 0.2) is 6.20 Å². The molecule has 1 unspecified atom stereocenters. The van der Waals surface area contributed by atoms with E-state index in [1.165, 1.54) is 30.9 Å². The molecule has 2 saturated heterocycles. The van der Waals surface area contributed by atoms with Gasteiger partial charge in [0.25, 0.3) is 0 Å². The van der Waals surface area contributed by atoms with Gasteiger partial charge >= 0.3 is 0 Å². The van der Waals surface area contributed by atoms with Crippen molar-refractivity contribution in [2.75, 3.05) is 51.7 Å². The van der Waals surface area contributed by atoms with Gasteiger partial charge < -0.3 is 15.4 Å². The van der Waals surface area contributed by atoms with Crippen LogP contribution in [0.1, 0.15) is 11.3 Å². The van der Waals surface area contributed by atoms with Gasteiger partial charge in [0.1, 0.15) is 0 Å². The van der Waals surface area contributed by atoms with E-state index < -0.39 is 0 Å². The van der Waals surface area contributed by atoms with Crippen molar-refractivity contribution in [2.45, 2.75) is 13.0 Å². The molecule has 0 radical (unpaired) electrons. The Morgan fingerprint density at radius 3 is 2.74 bits per heavy atom. The molecule has 0 aliphatic carbocycles. The summed E-state index contributed by atoms with van der Waals surface area (Å²) in [6.07, 6.45) is 3.14. The molecule has 3 heterocycles. The number of hydrogen-bond acceptors (Lipinski definition) is 6. The lowest BCUT2D eigenvalue weighted by Crippen LogP contribution is -2.47. The molecule has 19 heavy (non-hydrogen) atoms. The van der Waals surface area contributed by atoms with Gasteiger partial charge in [0, 0.05) is 56.9 Å². The van der Waals surface area contributed by atoms with Crippen LogP contribution >= 0.6 is 11.3 Å². The zero-order chi connectivity index (χ0) is 13.1. The van der Waals surface area contributed by atoms with Gasteiger partial charge in [-0.25, -0.2) is 4.98 Å². The highest BCUT2D eigenvalue weighted by Gasteiger charge is 2.22. The summed E-state index contributed by atoms with van der Waals surface area (Å²) in [6.45, 7) is 8.75. The Morgan fingerprint density at radius 2 is 2.11 bits per heavy atom. The monoisotopic (exact) mass is 282 g/mol. The molecule has 1 aromatic heterocycles. The fourth-order valence-electron chi connectivity index (χ4n) is 2.84. The maximum Gasteiger partial charge on any atom is 0.180 e. The number of nitrogen functional groups attached to an aromatic ring is 1. The Labute approximate surface area is 118 Å². The SMILES string of the molecule is Nc1ncc(CN2CCN(CC3CCOC3)CC2)s1. The highest BCUT2D eigenvalue weighted by Crippen LogP contribution is 2.19. The topological polar surface area (TPSA) is 54.6 Å². The molecule has 0 amide bonds. The van der Waals surface area contributed by atoms with Crippen molar-refractivity contribution < 1.29 is 4.74 Å². The minimum absolute atomic E-state index is 0.676. The first-order valence-corrected chi connectivity index (χ1v) is 7.84. The first-order valence-electron chi connectivity index (χ1n) is 7.02. The van der Waals surface area contributed by atoms with Crippen LogP contribution in [0.5, 0.6) is 0 Å². The third-order valence-corrected chi connectivity index (χ3v) is 4.77. The molecule has 0 bridgehead atoms. The number of nitrogens with two attached hydrogens (primary N) is 1. The normalized spacial score (nSPS) is 26.0. The number of nitrogens with zero attached hydrogens (tertiary/aromatic N) is 3. The number of hydrogen-bond donors (Lipinski definition) is 1. The molecule has 0 saturated carbocycles. The van der Waals surface area contributed by atoms with Crippen LogP contribution in [0.2, 0.25) is 0 Å².